The van der Waals surface area contributed by atoms with E-state index >= 15 is 0 Å². The van der Waals surface area contributed by atoms with Crippen LogP contribution in [-0.4, -0.2) is 0 Å². The number of hydrogen-bond donors (Lipinski definition) is 0. The number of allylic oxidation sites excluding steroid dienone is 1. The van der Waals surface area contributed by atoms with Gasteiger partial charge in [0.1, 0.15) is 0 Å². The second-order valence-electron chi connectivity index (χ2n) is 1.68. The highest BCUT2D eigenvalue weighted by Gasteiger charge is 2.02. The topological polar surface area (TPSA) is 0 Å². The molecule has 0 nitrogen and oxygen atoms in total. The molecule has 1 aliphatic rings. The zero-order valence-corrected chi connectivity index (χ0v) is 3.83. The summed E-state index contributed by atoms with van der Waals surface area (Å²) in [6.45, 7) is 3.79. The highest BCUT2D eigenvalue weighted by molar-refractivity contribution is 5.05. The molecule has 1 aliphatic carbocycles. The van der Waals surface area contributed by atoms with Crippen molar-refractivity contribution in [3.63, 3.8) is 0 Å². The van der Waals surface area contributed by atoms with Gasteiger partial charge in [0.15, 0.2) is 0 Å². The maximum atomic E-state index is 3.79. The minimum Gasteiger partial charge on any atom is -0.0998 e. The number of hydrogen-bond acceptors (Lipinski definition) is 0. The van der Waals surface area contributed by atoms with Crippen molar-refractivity contribution in [2.45, 2.75) is 19.3 Å². The van der Waals surface area contributed by atoms with E-state index in [1.807, 2.05) is 0 Å². The van der Waals surface area contributed by atoms with Gasteiger partial charge in [0.05, 0.1) is 0 Å². The molecule has 0 unspecified atom stereocenters. The Morgan fingerprint density at radius 1 is 1.67 bits per heavy atom. The summed E-state index contributed by atoms with van der Waals surface area (Å²) in [6, 6.07) is 0. The summed E-state index contributed by atoms with van der Waals surface area (Å²) in [5.41, 5.74) is 1.34. The Labute approximate surface area is 38.9 Å². The second kappa shape index (κ2) is 1.46. The normalized spacial score (nSPS) is 22.3. The molecule has 0 atom stereocenters. The Hall–Kier alpha value is -0.260. The van der Waals surface area contributed by atoms with Gasteiger partial charge in [0, 0.05) is 0 Å². The van der Waals surface area contributed by atoms with Crippen LogP contribution >= 0.6 is 0 Å². The van der Waals surface area contributed by atoms with Crippen molar-refractivity contribution in [3.8, 4) is 0 Å². The molecule has 0 heterocycles. The lowest BCUT2D eigenvalue weighted by atomic mass is 10.3. The first-order valence-corrected chi connectivity index (χ1v) is 2.27. The molecule has 0 aromatic rings. The van der Waals surface area contributed by atoms with Crippen molar-refractivity contribution >= 4 is 0 Å². The van der Waals surface area contributed by atoms with Crippen molar-refractivity contribution in [1.82, 2.24) is 0 Å². The van der Waals surface area contributed by atoms with E-state index in [0.29, 0.717) is 0 Å². The van der Waals surface area contributed by atoms with Gasteiger partial charge in [-0.25, -0.2) is 0 Å². The minimum absolute atomic E-state index is 1.04. The molecule has 1 rings (SSSR count). The van der Waals surface area contributed by atoms with Crippen LogP contribution in [0.5, 0.6) is 0 Å². The molecule has 1 fully saturated rings. The van der Waals surface area contributed by atoms with E-state index in [1.165, 1.54) is 12.0 Å². The lowest BCUT2D eigenvalue weighted by molar-refractivity contribution is 1.05. The van der Waals surface area contributed by atoms with Gasteiger partial charge < -0.3 is 0 Å². The SMILES string of the molecule is C=C1C[C]CC1. The van der Waals surface area contributed by atoms with E-state index in [0.717, 1.165) is 12.8 Å². The maximum absolute atomic E-state index is 3.79. The highest BCUT2D eigenvalue weighted by Crippen LogP contribution is 2.19. The van der Waals surface area contributed by atoms with Crippen LogP contribution in [0.1, 0.15) is 19.3 Å². The van der Waals surface area contributed by atoms with Crippen LogP contribution in [0.3, 0.4) is 0 Å². The Morgan fingerprint density at radius 2 is 2.50 bits per heavy atom. The summed E-state index contributed by atoms with van der Waals surface area (Å²) in [4.78, 5) is 0. The van der Waals surface area contributed by atoms with E-state index in [-0.39, 0.29) is 0 Å². The van der Waals surface area contributed by atoms with Gasteiger partial charge in [-0.2, -0.15) is 0 Å². The smallest absolute Gasteiger partial charge is 0.0127 e. The summed E-state index contributed by atoms with van der Waals surface area (Å²) in [5, 5.41) is 0. The summed E-state index contributed by atoms with van der Waals surface area (Å²) < 4.78 is 0. The number of rotatable bonds is 0. The average molecular weight is 80.1 g/mol. The first-order chi connectivity index (χ1) is 2.89. The lowest BCUT2D eigenvalue weighted by Crippen LogP contribution is -1.59. The van der Waals surface area contributed by atoms with Crippen LogP contribution in [-0.2, 0) is 0 Å². The third-order valence-electron chi connectivity index (χ3n) is 1.03. The van der Waals surface area contributed by atoms with Crippen LogP contribution in [0.4, 0.5) is 0 Å². The maximum Gasteiger partial charge on any atom is -0.0127 e. The molecule has 0 amide bonds. The summed E-state index contributed by atoms with van der Waals surface area (Å²) >= 11 is 0. The molecule has 0 saturated heterocycles. The standard InChI is InChI=1S/C6H8/c1-6-4-2-3-5-6/h1-2,4-5H2. The Morgan fingerprint density at radius 3 is 2.67 bits per heavy atom. The quantitative estimate of drug-likeness (QED) is 0.389. The van der Waals surface area contributed by atoms with E-state index in [2.05, 4.69) is 13.0 Å². The van der Waals surface area contributed by atoms with Gasteiger partial charge in [-0.3, -0.25) is 0 Å². The molecule has 0 aromatic heterocycles. The van der Waals surface area contributed by atoms with Crippen LogP contribution in [0, 0.1) is 6.42 Å². The molecule has 0 heteroatoms. The molecule has 0 aliphatic heterocycles. The van der Waals surface area contributed by atoms with E-state index in [1.54, 1.807) is 0 Å². The van der Waals surface area contributed by atoms with E-state index < -0.39 is 0 Å². The Bertz CT molecular complexity index is 54.4. The minimum atomic E-state index is 1.04. The first-order valence-electron chi connectivity index (χ1n) is 2.27. The van der Waals surface area contributed by atoms with Crippen LogP contribution in [0.2, 0.25) is 0 Å². The van der Waals surface area contributed by atoms with Gasteiger partial charge in [0.2, 0.25) is 0 Å². The monoisotopic (exact) mass is 80.1 g/mol. The zero-order valence-electron chi connectivity index (χ0n) is 3.83. The second-order valence-corrected chi connectivity index (χ2v) is 1.68. The fraction of sp³-hybridized carbons (Fsp3) is 0.500. The van der Waals surface area contributed by atoms with Crippen molar-refractivity contribution in [2.24, 2.45) is 0 Å². The van der Waals surface area contributed by atoms with Crippen LogP contribution < -0.4 is 0 Å². The summed E-state index contributed by atoms with van der Waals surface area (Å²) in [6.07, 6.45) is 6.53. The van der Waals surface area contributed by atoms with Crippen molar-refractivity contribution in [1.29, 1.82) is 0 Å². The fourth-order valence-electron chi connectivity index (χ4n) is 0.619. The van der Waals surface area contributed by atoms with Gasteiger partial charge >= 0.3 is 0 Å². The van der Waals surface area contributed by atoms with Gasteiger partial charge in [0.25, 0.3) is 0 Å². The summed E-state index contributed by atoms with van der Waals surface area (Å²) in [5.74, 6) is 0. The molecular weight excluding hydrogens is 72.1 g/mol. The molecule has 0 spiro atoms. The Kier molecular flexibility index (Phi) is 0.952. The lowest BCUT2D eigenvalue weighted by Gasteiger charge is -1.79. The molecular formula is C6H8. The van der Waals surface area contributed by atoms with Gasteiger partial charge in [-0.15, -0.1) is 0 Å². The zero-order chi connectivity index (χ0) is 4.41. The van der Waals surface area contributed by atoms with Crippen molar-refractivity contribution in [2.75, 3.05) is 0 Å². The average Bonchev–Trinajstić information content (AvgIpc) is 1.86. The van der Waals surface area contributed by atoms with Crippen molar-refractivity contribution < 1.29 is 0 Å². The largest absolute Gasteiger partial charge is 0.0998 e. The molecule has 32 valence electrons. The predicted molar refractivity (Wildman–Crippen MR) is 26.2 cm³/mol. The van der Waals surface area contributed by atoms with Gasteiger partial charge in [-0.1, -0.05) is 12.2 Å². The first kappa shape index (κ1) is 3.91. The third-order valence-corrected chi connectivity index (χ3v) is 1.03. The van der Waals surface area contributed by atoms with Crippen LogP contribution in [0.25, 0.3) is 0 Å². The predicted octanol–water partition coefficient (Wildman–Crippen LogP) is 1.81. The molecule has 0 N–H and O–H groups in total. The highest BCUT2D eigenvalue weighted by atomic mass is 14.1. The van der Waals surface area contributed by atoms with Gasteiger partial charge in [-0.05, 0) is 25.7 Å². The molecule has 1 saturated carbocycles. The third kappa shape index (κ3) is 0.618. The van der Waals surface area contributed by atoms with Crippen LogP contribution in [0.15, 0.2) is 12.2 Å². The molecule has 0 bridgehead atoms. The summed E-state index contributed by atoms with van der Waals surface area (Å²) in [7, 11) is 0. The fourth-order valence-corrected chi connectivity index (χ4v) is 0.619. The van der Waals surface area contributed by atoms with E-state index in [9.17, 15) is 0 Å². The molecule has 6 heavy (non-hydrogen) atoms. The molecule has 2 radical (unpaired) electrons. The van der Waals surface area contributed by atoms with E-state index in [4.69, 9.17) is 0 Å². The Balaban J connectivity index is 2.37. The molecule has 0 aromatic carbocycles. The van der Waals surface area contributed by atoms with Crippen molar-refractivity contribution in [3.05, 3.63) is 18.6 Å².